The van der Waals surface area contributed by atoms with Crippen LogP contribution in [0.15, 0.2) is 46.0 Å². The van der Waals surface area contributed by atoms with E-state index >= 15 is 0 Å². The number of aromatic amines is 2. The number of hydrogen-bond acceptors (Lipinski definition) is 5. The largest absolute Gasteiger partial charge is 0.333 e. The van der Waals surface area contributed by atoms with E-state index in [1.807, 2.05) is 25.1 Å². The SMILES string of the molecule is Cc1nnc2n1[C@H](Cc1ccccc1)CN(C(=O)Cc1cc(=O)[nH][nH]c1=O)C2. The molecule has 9 heteroatoms. The van der Waals surface area contributed by atoms with Crippen LogP contribution < -0.4 is 11.1 Å². The van der Waals surface area contributed by atoms with Crippen LogP contribution in [0.2, 0.25) is 0 Å². The van der Waals surface area contributed by atoms with Crippen LogP contribution in [0.25, 0.3) is 0 Å². The molecule has 1 aromatic carbocycles. The third kappa shape index (κ3) is 3.51. The molecular formula is C19H20N6O3. The maximum Gasteiger partial charge on any atom is 0.266 e. The Morgan fingerprint density at radius 3 is 2.75 bits per heavy atom. The summed E-state index contributed by atoms with van der Waals surface area (Å²) in [6, 6.07) is 11.2. The number of aryl methyl sites for hydroxylation is 1. The van der Waals surface area contributed by atoms with Crippen molar-refractivity contribution in [3.8, 4) is 0 Å². The first-order valence-corrected chi connectivity index (χ1v) is 9.04. The molecule has 0 saturated carbocycles. The Bertz CT molecular complexity index is 1110. The molecule has 0 bridgehead atoms. The average Bonchev–Trinajstić information content (AvgIpc) is 3.06. The maximum absolute atomic E-state index is 12.8. The molecule has 0 fully saturated rings. The first-order valence-electron chi connectivity index (χ1n) is 9.04. The second kappa shape index (κ2) is 7.26. The van der Waals surface area contributed by atoms with Crippen LogP contribution in [0.1, 0.15) is 28.8 Å². The van der Waals surface area contributed by atoms with E-state index in [2.05, 4.69) is 37.1 Å². The maximum atomic E-state index is 12.8. The van der Waals surface area contributed by atoms with Gasteiger partial charge < -0.3 is 9.47 Å². The van der Waals surface area contributed by atoms with Gasteiger partial charge in [0.15, 0.2) is 5.82 Å². The number of hydrogen-bond donors (Lipinski definition) is 2. The Hall–Kier alpha value is -3.49. The van der Waals surface area contributed by atoms with E-state index in [4.69, 9.17) is 0 Å². The van der Waals surface area contributed by atoms with Crippen molar-refractivity contribution in [2.45, 2.75) is 32.4 Å². The molecule has 144 valence electrons. The van der Waals surface area contributed by atoms with Crippen LogP contribution in [-0.2, 0) is 24.2 Å². The molecule has 28 heavy (non-hydrogen) atoms. The van der Waals surface area contributed by atoms with Gasteiger partial charge in [0.25, 0.3) is 11.1 Å². The molecule has 0 radical (unpaired) electrons. The van der Waals surface area contributed by atoms with Crippen molar-refractivity contribution in [1.29, 1.82) is 0 Å². The molecule has 3 aromatic rings. The van der Waals surface area contributed by atoms with E-state index in [0.717, 1.165) is 29.7 Å². The van der Waals surface area contributed by atoms with Gasteiger partial charge in [-0.2, -0.15) is 0 Å². The predicted molar refractivity (Wildman–Crippen MR) is 101 cm³/mol. The first-order chi connectivity index (χ1) is 13.5. The van der Waals surface area contributed by atoms with Gasteiger partial charge in [-0.1, -0.05) is 30.3 Å². The summed E-state index contributed by atoms with van der Waals surface area (Å²) in [7, 11) is 0. The number of fused-ring (bicyclic) bond motifs is 1. The highest BCUT2D eigenvalue weighted by Crippen LogP contribution is 2.25. The van der Waals surface area contributed by atoms with Crippen LogP contribution in [0.5, 0.6) is 0 Å². The fraction of sp³-hybridized carbons (Fsp3) is 0.316. The number of H-pyrrole nitrogens is 2. The van der Waals surface area contributed by atoms with Gasteiger partial charge in [-0.05, 0) is 18.9 Å². The molecule has 4 rings (SSSR count). The highest BCUT2D eigenvalue weighted by molar-refractivity contribution is 5.78. The van der Waals surface area contributed by atoms with Crippen molar-refractivity contribution in [3.63, 3.8) is 0 Å². The Morgan fingerprint density at radius 1 is 1.18 bits per heavy atom. The summed E-state index contributed by atoms with van der Waals surface area (Å²) >= 11 is 0. The summed E-state index contributed by atoms with van der Waals surface area (Å²) in [5.74, 6) is 1.31. The smallest absolute Gasteiger partial charge is 0.266 e. The molecular weight excluding hydrogens is 360 g/mol. The lowest BCUT2D eigenvalue weighted by atomic mass is 10.0. The molecule has 0 aliphatic carbocycles. The Kier molecular flexibility index (Phi) is 4.64. The molecule has 2 aromatic heterocycles. The lowest BCUT2D eigenvalue weighted by molar-refractivity contribution is -0.132. The highest BCUT2D eigenvalue weighted by atomic mass is 16.2. The second-order valence-corrected chi connectivity index (χ2v) is 6.94. The van der Waals surface area contributed by atoms with Crippen molar-refractivity contribution in [2.24, 2.45) is 0 Å². The van der Waals surface area contributed by atoms with Gasteiger partial charge in [0, 0.05) is 18.2 Å². The molecule has 0 saturated heterocycles. The minimum Gasteiger partial charge on any atom is -0.333 e. The third-order valence-electron chi connectivity index (χ3n) is 4.97. The quantitative estimate of drug-likeness (QED) is 0.677. The minimum absolute atomic E-state index is 0.00237. The summed E-state index contributed by atoms with van der Waals surface area (Å²) in [4.78, 5) is 37.9. The molecule has 2 N–H and O–H groups in total. The summed E-state index contributed by atoms with van der Waals surface area (Å²) in [5, 5.41) is 12.8. The molecule has 3 heterocycles. The topological polar surface area (TPSA) is 117 Å². The Labute approximate surface area is 160 Å². The zero-order valence-electron chi connectivity index (χ0n) is 15.4. The van der Waals surface area contributed by atoms with Gasteiger partial charge in [0.05, 0.1) is 19.0 Å². The number of carbonyl (C=O) groups is 1. The number of amides is 1. The van der Waals surface area contributed by atoms with Crippen LogP contribution in [0.4, 0.5) is 0 Å². The van der Waals surface area contributed by atoms with E-state index < -0.39 is 11.1 Å². The lowest BCUT2D eigenvalue weighted by Gasteiger charge is -2.34. The van der Waals surface area contributed by atoms with Gasteiger partial charge in [-0.15, -0.1) is 10.2 Å². The monoisotopic (exact) mass is 380 g/mol. The van der Waals surface area contributed by atoms with E-state index in [1.54, 1.807) is 4.90 Å². The number of carbonyl (C=O) groups excluding carboxylic acids is 1. The van der Waals surface area contributed by atoms with Gasteiger partial charge in [0.1, 0.15) is 5.82 Å². The van der Waals surface area contributed by atoms with Crippen LogP contribution in [0.3, 0.4) is 0 Å². The van der Waals surface area contributed by atoms with Crippen molar-refractivity contribution in [2.75, 3.05) is 6.54 Å². The summed E-state index contributed by atoms with van der Waals surface area (Å²) < 4.78 is 2.08. The molecule has 0 unspecified atom stereocenters. The van der Waals surface area contributed by atoms with Gasteiger partial charge >= 0.3 is 0 Å². The lowest BCUT2D eigenvalue weighted by Crippen LogP contribution is -2.43. The van der Waals surface area contributed by atoms with Crippen molar-refractivity contribution >= 4 is 5.91 Å². The number of benzene rings is 1. The van der Waals surface area contributed by atoms with Crippen molar-refractivity contribution < 1.29 is 4.79 Å². The fourth-order valence-electron chi connectivity index (χ4n) is 3.66. The Balaban J connectivity index is 1.59. The second-order valence-electron chi connectivity index (χ2n) is 6.94. The standard InChI is InChI=1S/C19H20N6O3/c1-12-20-21-16-11-24(18(27)9-14-8-17(26)22-23-19(14)28)10-15(25(12)16)7-13-5-3-2-4-6-13/h2-6,8,15H,7,9-11H2,1H3,(H,22,26)(H,23,28)/t15-/m1/s1. The van der Waals surface area contributed by atoms with Crippen LogP contribution in [0, 0.1) is 6.92 Å². The average molecular weight is 380 g/mol. The van der Waals surface area contributed by atoms with Crippen LogP contribution >= 0.6 is 0 Å². The molecule has 0 spiro atoms. The van der Waals surface area contributed by atoms with Gasteiger partial charge in [-0.25, -0.2) is 0 Å². The zero-order valence-corrected chi connectivity index (χ0v) is 15.4. The van der Waals surface area contributed by atoms with E-state index in [0.29, 0.717) is 13.1 Å². The number of nitrogens with zero attached hydrogens (tertiary/aromatic N) is 4. The number of aromatic nitrogens is 5. The summed E-state index contributed by atoms with van der Waals surface area (Å²) in [5.41, 5.74) is 0.395. The molecule has 9 nitrogen and oxygen atoms in total. The van der Waals surface area contributed by atoms with Gasteiger partial charge in [-0.3, -0.25) is 24.6 Å². The van der Waals surface area contributed by atoms with E-state index in [-0.39, 0.29) is 23.9 Å². The molecule has 1 aliphatic heterocycles. The number of rotatable bonds is 4. The molecule has 1 amide bonds. The normalized spacial score (nSPS) is 16.0. The van der Waals surface area contributed by atoms with E-state index in [1.165, 1.54) is 0 Å². The van der Waals surface area contributed by atoms with Crippen LogP contribution in [-0.4, -0.2) is 42.3 Å². The number of nitrogens with one attached hydrogen (secondary N) is 2. The highest BCUT2D eigenvalue weighted by Gasteiger charge is 2.31. The summed E-state index contributed by atoms with van der Waals surface area (Å²) in [6.07, 6.45) is 0.604. The minimum atomic E-state index is -0.468. The Morgan fingerprint density at radius 2 is 1.96 bits per heavy atom. The first kappa shape index (κ1) is 17.9. The predicted octanol–water partition coefficient (Wildman–Crippen LogP) is 0.332. The van der Waals surface area contributed by atoms with E-state index in [9.17, 15) is 14.4 Å². The third-order valence-corrected chi connectivity index (χ3v) is 4.97. The summed E-state index contributed by atoms with van der Waals surface area (Å²) in [6.45, 7) is 2.72. The molecule has 1 atom stereocenters. The van der Waals surface area contributed by atoms with Crippen molar-refractivity contribution in [1.82, 2.24) is 29.9 Å². The van der Waals surface area contributed by atoms with Gasteiger partial charge in [0.2, 0.25) is 5.91 Å². The zero-order chi connectivity index (χ0) is 19.7. The fourth-order valence-corrected chi connectivity index (χ4v) is 3.66. The molecule has 1 aliphatic rings. The van der Waals surface area contributed by atoms with Crippen molar-refractivity contribution in [3.05, 3.63) is 79.9 Å².